The summed E-state index contributed by atoms with van der Waals surface area (Å²) in [6, 6.07) is 3.96. The topological polar surface area (TPSA) is 52.3 Å². The lowest BCUT2D eigenvalue weighted by Gasteiger charge is -2.22. The number of aromatic nitrogens is 4. The van der Waals surface area contributed by atoms with Gasteiger partial charge in [-0.1, -0.05) is 6.42 Å². The Hall–Kier alpha value is -1.95. The zero-order chi connectivity index (χ0) is 15.6. The fourth-order valence-corrected chi connectivity index (χ4v) is 3.35. The fourth-order valence-electron chi connectivity index (χ4n) is 2.97. The molecule has 4 rings (SSSR count). The molecule has 0 aromatic carbocycles. The van der Waals surface area contributed by atoms with Crippen molar-refractivity contribution in [1.29, 1.82) is 0 Å². The van der Waals surface area contributed by atoms with Gasteiger partial charge in [0.05, 0.1) is 28.7 Å². The molecule has 3 aromatic heterocycles. The molecule has 0 amide bonds. The predicted molar refractivity (Wildman–Crippen MR) is 91.4 cm³/mol. The summed E-state index contributed by atoms with van der Waals surface area (Å²) in [7, 11) is 0. The molecule has 0 N–H and O–H groups in total. The van der Waals surface area contributed by atoms with Gasteiger partial charge in [0.25, 0.3) is 0 Å². The van der Waals surface area contributed by atoms with E-state index in [2.05, 4.69) is 31.0 Å². The van der Waals surface area contributed by atoms with Crippen LogP contribution in [0.2, 0.25) is 0 Å². The van der Waals surface area contributed by atoms with Gasteiger partial charge in [0.2, 0.25) is 0 Å². The van der Waals surface area contributed by atoms with Crippen LogP contribution in [0.25, 0.3) is 16.9 Å². The Kier molecular flexibility index (Phi) is 3.99. The second-order valence-electron chi connectivity index (χ2n) is 5.86. The second kappa shape index (κ2) is 6.28. The van der Waals surface area contributed by atoms with Crippen LogP contribution < -0.4 is 4.74 Å². The van der Waals surface area contributed by atoms with E-state index >= 15 is 0 Å². The minimum absolute atomic E-state index is 0.343. The van der Waals surface area contributed by atoms with Crippen LogP contribution in [0.3, 0.4) is 0 Å². The quantitative estimate of drug-likeness (QED) is 0.688. The summed E-state index contributed by atoms with van der Waals surface area (Å²) < 4.78 is 8.64. The van der Waals surface area contributed by atoms with Crippen LogP contribution in [0, 0.1) is 0 Å². The van der Waals surface area contributed by atoms with Gasteiger partial charge in [-0.05, 0) is 53.7 Å². The number of pyridine rings is 1. The molecule has 1 fully saturated rings. The molecule has 0 atom stereocenters. The third kappa shape index (κ3) is 3.08. The lowest BCUT2D eigenvalue weighted by molar-refractivity contribution is 0.154. The van der Waals surface area contributed by atoms with Crippen LogP contribution in [0.4, 0.5) is 0 Å². The Bertz CT molecular complexity index is 809. The first-order chi connectivity index (χ1) is 11.3. The Morgan fingerprint density at radius 3 is 2.70 bits per heavy atom. The molecule has 118 valence electrons. The van der Waals surface area contributed by atoms with E-state index in [1.54, 1.807) is 16.9 Å². The molecule has 0 aliphatic heterocycles. The molecular formula is C17H17BrN4O. The van der Waals surface area contributed by atoms with Gasteiger partial charge in [0, 0.05) is 18.0 Å². The van der Waals surface area contributed by atoms with E-state index in [1.165, 1.54) is 19.3 Å². The summed E-state index contributed by atoms with van der Waals surface area (Å²) in [6.07, 6.45) is 13.8. The van der Waals surface area contributed by atoms with Crippen molar-refractivity contribution in [2.75, 3.05) is 0 Å². The van der Waals surface area contributed by atoms with Gasteiger partial charge < -0.3 is 4.74 Å². The highest BCUT2D eigenvalue weighted by Gasteiger charge is 2.15. The fraction of sp³-hybridized carbons (Fsp3) is 0.353. The van der Waals surface area contributed by atoms with E-state index in [-0.39, 0.29) is 0 Å². The molecule has 1 aliphatic rings. The highest BCUT2D eigenvalue weighted by atomic mass is 79.9. The molecule has 5 nitrogen and oxygen atoms in total. The average molecular weight is 373 g/mol. The van der Waals surface area contributed by atoms with Gasteiger partial charge in [-0.25, -0.2) is 9.50 Å². The lowest BCUT2D eigenvalue weighted by Crippen LogP contribution is -2.19. The first kappa shape index (κ1) is 14.6. The number of fused-ring (bicyclic) bond motifs is 1. The van der Waals surface area contributed by atoms with E-state index in [0.717, 1.165) is 40.0 Å². The van der Waals surface area contributed by atoms with Gasteiger partial charge >= 0.3 is 0 Å². The Labute approximate surface area is 142 Å². The Balaban J connectivity index is 1.54. The first-order valence-corrected chi connectivity index (χ1v) is 8.71. The van der Waals surface area contributed by atoms with Crippen molar-refractivity contribution in [3.8, 4) is 17.0 Å². The summed E-state index contributed by atoms with van der Waals surface area (Å²) in [5.74, 6) is 0.844. The van der Waals surface area contributed by atoms with Crippen LogP contribution >= 0.6 is 15.9 Å². The maximum atomic E-state index is 6.02. The highest BCUT2D eigenvalue weighted by Crippen LogP contribution is 2.25. The van der Waals surface area contributed by atoms with Crippen molar-refractivity contribution in [1.82, 2.24) is 19.6 Å². The van der Waals surface area contributed by atoms with Crippen molar-refractivity contribution in [2.24, 2.45) is 0 Å². The van der Waals surface area contributed by atoms with Crippen molar-refractivity contribution >= 4 is 21.6 Å². The standard InChI is InChI=1S/C17H17BrN4O/c18-15-10-21-22-11-12(8-20-17(15)22)16-7-6-14(9-19-16)23-13-4-2-1-3-5-13/h6-11,13H,1-5H2. The van der Waals surface area contributed by atoms with Gasteiger partial charge in [-0.2, -0.15) is 5.10 Å². The van der Waals surface area contributed by atoms with Gasteiger partial charge in [-0.15, -0.1) is 0 Å². The zero-order valence-corrected chi connectivity index (χ0v) is 14.2. The van der Waals surface area contributed by atoms with Crippen LogP contribution in [-0.2, 0) is 0 Å². The van der Waals surface area contributed by atoms with Crippen molar-refractivity contribution in [3.05, 3.63) is 41.4 Å². The molecular weight excluding hydrogens is 356 g/mol. The minimum Gasteiger partial charge on any atom is -0.489 e. The van der Waals surface area contributed by atoms with E-state index < -0.39 is 0 Å². The van der Waals surface area contributed by atoms with Crippen LogP contribution in [-0.4, -0.2) is 25.7 Å². The molecule has 3 aromatic rings. The van der Waals surface area contributed by atoms with Gasteiger partial charge in [0.15, 0.2) is 5.65 Å². The van der Waals surface area contributed by atoms with Gasteiger partial charge in [0.1, 0.15) is 5.75 Å². The number of hydrogen-bond donors (Lipinski definition) is 0. The van der Waals surface area contributed by atoms with E-state index in [9.17, 15) is 0 Å². The summed E-state index contributed by atoms with van der Waals surface area (Å²) in [6.45, 7) is 0. The average Bonchev–Trinajstić information content (AvgIpc) is 2.97. The van der Waals surface area contributed by atoms with Crippen LogP contribution in [0.5, 0.6) is 5.75 Å². The molecule has 23 heavy (non-hydrogen) atoms. The molecule has 1 aliphatic carbocycles. The van der Waals surface area contributed by atoms with Crippen molar-refractivity contribution in [2.45, 2.75) is 38.2 Å². The number of ether oxygens (including phenoxy) is 1. The smallest absolute Gasteiger partial charge is 0.169 e. The number of hydrogen-bond acceptors (Lipinski definition) is 4. The number of halogens is 1. The van der Waals surface area contributed by atoms with E-state index in [4.69, 9.17) is 4.74 Å². The van der Waals surface area contributed by atoms with Crippen molar-refractivity contribution < 1.29 is 4.74 Å². The summed E-state index contributed by atoms with van der Waals surface area (Å²) >= 11 is 3.43. The third-order valence-corrected chi connectivity index (χ3v) is 4.76. The number of rotatable bonds is 3. The SMILES string of the molecule is Brc1cnn2cc(-c3ccc(OC4CCCCC4)cn3)cnc12. The molecule has 0 saturated heterocycles. The first-order valence-electron chi connectivity index (χ1n) is 7.91. The van der Waals surface area contributed by atoms with Crippen LogP contribution in [0.15, 0.2) is 41.4 Å². The highest BCUT2D eigenvalue weighted by molar-refractivity contribution is 9.10. The summed E-state index contributed by atoms with van der Waals surface area (Å²) in [5.41, 5.74) is 2.59. The summed E-state index contributed by atoms with van der Waals surface area (Å²) in [4.78, 5) is 8.93. The monoisotopic (exact) mass is 372 g/mol. The van der Waals surface area contributed by atoms with Crippen molar-refractivity contribution in [3.63, 3.8) is 0 Å². The molecule has 0 spiro atoms. The Morgan fingerprint density at radius 1 is 1.04 bits per heavy atom. The third-order valence-electron chi connectivity index (χ3n) is 4.20. The predicted octanol–water partition coefficient (Wildman–Crippen LogP) is 4.27. The number of nitrogens with zero attached hydrogens (tertiary/aromatic N) is 4. The molecule has 0 radical (unpaired) electrons. The van der Waals surface area contributed by atoms with E-state index in [1.807, 2.05) is 24.5 Å². The second-order valence-corrected chi connectivity index (χ2v) is 6.71. The summed E-state index contributed by atoms with van der Waals surface area (Å²) in [5, 5.41) is 4.25. The van der Waals surface area contributed by atoms with Gasteiger partial charge in [-0.3, -0.25) is 4.98 Å². The molecule has 0 unspecified atom stereocenters. The van der Waals surface area contributed by atoms with E-state index in [0.29, 0.717) is 6.10 Å². The molecule has 0 bridgehead atoms. The maximum Gasteiger partial charge on any atom is 0.169 e. The zero-order valence-electron chi connectivity index (χ0n) is 12.7. The molecule has 1 saturated carbocycles. The molecule has 3 heterocycles. The normalized spacial score (nSPS) is 15.9. The minimum atomic E-state index is 0.343. The van der Waals surface area contributed by atoms with Crippen LogP contribution in [0.1, 0.15) is 32.1 Å². The lowest BCUT2D eigenvalue weighted by atomic mass is 9.98. The molecule has 6 heteroatoms. The largest absolute Gasteiger partial charge is 0.489 e. The Morgan fingerprint density at radius 2 is 1.91 bits per heavy atom. The maximum absolute atomic E-state index is 6.02.